The molecule has 1 unspecified atom stereocenters. The minimum absolute atomic E-state index is 0. The second-order valence-corrected chi connectivity index (χ2v) is 2.70. The van der Waals surface area contributed by atoms with E-state index in [1.165, 1.54) is 12.8 Å². The molecule has 10 heavy (non-hydrogen) atoms. The smallest absolute Gasteiger partial charge is 0.131 e. The normalized spacial score (nSPS) is 23.9. The summed E-state index contributed by atoms with van der Waals surface area (Å²) in [6.45, 7) is 2.75. The molecular formula is C7H13HfNO. The number of hydrogen-bond acceptors (Lipinski definition) is 2. The molecular weight excluding hydrogens is 293 g/mol. The van der Waals surface area contributed by atoms with E-state index in [-0.39, 0.29) is 25.8 Å². The molecule has 0 bridgehead atoms. The van der Waals surface area contributed by atoms with E-state index in [0.717, 1.165) is 13.0 Å². The summed E-state index contributed by atoms with van der Waals surface area (Å²) in [5, 5.41) is 3.27. The SMILES string of the molecule is CC(=O)CC1CCCN1.[Hf]. The van der Waals surface area contributed by atoms with Crippen molar-refractivity contribution in [2.75, 3.05) is 6.54 Å². The Hall–Kier alpha value is 0.500. The van der Waals surface area contributed by atoms with E-state index in [4.69, 9.17) is 0 Å². The topological polar surface area (TPSA) is 29.1 Å². The van der Waals surface area contributed by atoms with Crippen LogP contribution in [0.2, 0.25) is 0 Å². The van der Waals surface area contributed by atoms with Crippen molar-refractivity contribution < 1.29 is 30.6 Å². The van der Waals surface area contributed by atoms with Crippen LogP contribution in [0.4, 0.5) is 0 Å². The van der Waals surface area contributed by atoms with Gasteiger partial charge in [0.05, 0.1) is 0 Å². The minimum Gasteiger partial charge on any atom is -0.314 e. The Morgan fingerprint density at radius 1 is 1.70 bits per heavy atom. The molecule has 1 rings (SSSR count). The number of hydrogen-bond donors (Lipinski definition) is 1. The molecule has 1 fully saturated rings. The van der Waals surface area contributed by atoms with Gasteiger partial charge in [-0.2, -0.15) is 0 Å². The zero-order valence-electron chi connectivity index (χ0n) is 6.31. The standard InChI is InChI=1S/C7H13NO.Hf/c1-6(9)5-7-3-2-4-8-7;/h7-8H,2-5H2,1H3;. The van der Waals surface area contributed by atoms with Crippen molar-refractivity contribution in [2.45, 2.75) is 32.2 Å². The van der Waals surface area contributed by atoms with Crippen LogP contribution in [0.1, 0.15) is 26.2 Å². The molecule has 1 atom stereocenters. The zero-order chi connectivity index (χ0) is 6.69. The van der Waals surface area contributed by atoms with Crippen molar-refractivity contribution in [2.24, 2.45) is 0 Å². The Kier molecular flexibility index (Phi) is 5.45. The third-order valence-corrected chi connectivity index (χ3v) is 1.70. The van der Waals surface area contributed by atoms with Crippen molar-refractivity contribution in [1.29, 1.82) is 0 Å². The second kappa shape index (κ2) is 5.19. The van der Waals surface area contributed by atoms with Gasteiger partial charge in [0, 0.05) is 38.3 Å². The number of ketones is 1. The molecule has 1 N–H and O–H groups in total. The summed E-state index contributed by atoms with van der Waals surface area (Å²) in [5.41, 5.74) is 0. The zero-order valence-corrected chi connectivity index (χ0v) is 9.91. The maximum atomic E-state index is 10.6. The number of rotatable bonds is 2. The van der Waals surface area contributed by atoms with Crippen molar-refractivity contribution in [1.82, 2.24) is 5.32 Å². The Bertz CT molecular complexity index is 110. The van der Waals surface area contributed by atoms with E-state index in [9.17, 15) is 4.79 Å². The fourth-order valence-electron chi connectivity index (χ4n) is 1.28. The van der Waals surface area contributed by atoms with E-state index in [0.29, 0.717) is 11.8 Å². The Balaban J connectivity index is 0.000000810. The first kappa shape index (κ1) is 10.5. The van der Waals surface area contributed by atoms with Crippen LogP contribution in [0.3, 0.4) is 0 Å². The van der Waals surface area contributed by atoms with Crippen molar-refractivity contribution in [3.8, 4) is 0 Å². The van der Waals surface area contributed by atoms with E-state index < -0.39 is 0 Å². The summed E-state index contributed by atoms with van der Waals surface area (Å²) in [7, 11) is 0. The molecule has 1 aliphatic heterocycles. The molecule has 0 aromatic rings. The largest absolute Gasteiger partial charge is 0.314 e. The van der Waals surface area contributed by atoms with Crippen LogP contribution in [0.15, 0.2) is 0 Å². The first-order chi connectivity index (χ1) is 4.29. The second-order valence-electron chi connectivity index (χ2n) is 2.70. The van der Waals surface area contributed by atoms with Gasteiger partial charge in [0.25, 0.3) is 0 Å². The average molecular weight is 306 g/mol. The quantitative estimate of drug-likeness (QED) is 0.762. The van der Waals surface area contributed by atoms with Gasteiger partial charge in [-0.25, -0.2) is 0 Å². The Labute approximate surface area is 80.5 Å². The van der Waals surface area contributed by atoms with Crippen LogP contribution >= 0.6 is 0 Å². The fraction of sp³-hybridized carbons (Fsp3) is 0.857. The first-order valence-corrected chi connectivity index (χ1v) is 3.52. The Morgan fingerprint density at radius 2 is 2.40 bits per heavy atom. The average Bonchev–Trinajstić information content (AvgIpc) is 2.15. The number of carbonyl (C=O) groups excluding carboxylic acids is 1. The summed E-state index contributed by atoms with van der Waals surface area (Å²) < 4.78 is 0. The van der Waals surface area contributed by atoms with E-state index in [1.807, 2.05) is 0 Å². The van der Waals surface area contributed by atoms with Gasteiger partial charge in [0.1, 0.15) is 5.78 Å². The molecule has 0 spiro atoms. The molecule has 1 aliphatic rings. The van der Waals surface area contributed by atoms with Crippen LogP contribution < -0.4 is 5.32 Å². The molecule has 56 valence electrons. The van der Waals surface area contributed by atoms with Gasteiger partial charge in [-0.1, -0.05) is 0 Å². The molecule has 1 saturated heterocycles. The van der Waals surface area contributed by atoms with E-state index >= 15 is 0 Å². The fourth-order valence-corrected chi connectivity index (χ4v) is 1.28. The minimum atomic E-state index is 0. The van der Waals surface area contributed by atoms with Crippen molar-refractivity contribution in [3.63, 3.8) is 0 Å². The predicted molar refractivity (Wildman–Crippen MR) is 36.3 cm³/mol. The van der Waals surface area contributed by atoms with Gasteiger partial charge >= 0.3 is 0 Å². The Morgan fingerprint density at radius 3 is 2.80 bits per heavy atom. The van der Waals surface area contributed by atoms with Gasteiger partial charge in [-0.15, -0.1) is 0 Å². The van der Waals surface area contributed by atoms with Crippen LogP contribution in [0.5, 0.6) is 0 Å². The molecule has 0 aliphatic carbocycles. The molecule has 2 nitrogen and oxygen atoms in total. The molecule has 0 saturated carbocycles. The number of Topliss-reactive ketones (excluding diaryl/α,β-unsaturated/α-hetero) is 1. The third-order valence-electron chi connectivity index (χ3n) is 1.70. The summed E-state index contributed by atoms with van der Waals surface area (Å²) in [4.78, 5) is 10.6. The summed E-state index contributed by atoms with van der Waals surface area (Å²) in [6.07, 6.45) is 3.14. The number of carbonyl (C=O) groups is 1. The monoisotopic (exact) mass is 307 g/mol. The van der Waals surface area contributed by atoms with Crippen molar-refractivity contribution >= 4 is 5.78 Å². The molecule has 3 heteroatoms. The van der Waals surface area contributed by atoms with Crippen LogP contribution in [-0.4, -0.2) is 18.4 Å². The third kappa shape index (κ3) is 3.62. The van der Waals surface area contributed by atoms with Gasteiger partial charge in [-0.05, 0) is 26.3 Å². The molecule has 0 aromatic heterocycles. The van der Waals surface area contributed by atoms with Crippen molar-refractivity contribution in [3.05, 3.63) is 0 Å². The molecule has 0 aromatic carbocycles. The molecule has 1 heterocycles. The van der Waals surface area contributed by atoms with E-state index in [1.54, 1.807) is 6.92 Å². The van der Waals surface area contributed by atoms with Crippen LogP contribution in [-0.2, 0) is 30.6 Å². The molecule has 0 amide bonds. The summed E-state index contributed by atoms with van der Waals surface area (Å²) in [6, 6.07) is 0.488. The first-order valence-electron chi connectivity index (χ1n) is 3.52. The maximum absolute atomic E-state index is 10.6. The molecule has 0 radical (unpaired) electrons. The van der Waals surface area contributed by atoms with E-state index in [2.05, 4.69) is 5.32 Å². The number of nitrogens with one attached hydrogen (secondary N) is 1. The summed E-state index contributed by atoms with van der Waals surface area (Å²) >= 11 is 0. The summed E-state index contributed by atoms with van der Waals surface area (Å²) in [5.74, 6) is 0.300. The predicted octanol–water partition coefficient (Wildman–Crippen LogP) is 0.715. The van der Waals surface area contributed by atoms with Crippen LogP contribution in [0.25, 0.3) is 0 Å². The maximum Gasteiger partial charge on any atom is 0.131 e. The van der Waals surface area contributed by atoms with Gasteiger partial charge < -0.3 is 5.32 Å². The van der Waals surface area contributed by atoms with Crippen LogP contribution in [0, 0.1) is 0 Å². The van der Waals surface area contributed by atoms with Gasteiger partial charge in [0.2, 0.25) is 0 Å². The van der Waals surface area contributed by atoms with Gasteiger partial charge in [-0.3, -0.25) is 4.79 Å². The van der Waals surface area contributed by atoms with Gasteiger partial charge in [0.15, 0.2) is 0 Å².